The van der Waals surface area contributed by atoms with Crippen molar-refractivity contribution >= 4 is 6.09 Å². The van der Waals surface area contributed by atoms with Crippen LogP contribution in [0.1, 0.15) is 40.5 Å². The van der Waals surface area contributed by atoms with Crippen LogP contribution in [-0.4, -0.2) is 46.9 Å². The summed E-state index contributed by atoms with van der Waals surface area (Å²) in [6.07, 6.45) is 1.46. The summed E-state index contributed by atoms with van der Waals surface area (Å²) in [5.74, 6) is 0.0174. The van der Waals surface area contributed by atoms with Gasteiger partial charge in [-0.15, -0.1) is 0 Å². The highest BCUT2D eigenvalue weighted by molar-refractivity contribution is 5.68. The Morgan fingerprint density at radius 3 is 2.56 bits per heavy atom. The summed E-state index contributed by atoms with van der Waals surface area (Å²) in [7, 11) is 0. The third-order valence-corrected chi connectivity index (χ3v) is 3.37. The number of rotatable bonds is 2. The first kappa shape index (κ1) is 15.2. The Labute approximate surface area is 109 Å². The standard InChI is InChI=1S/C13H26N2O3/c1-12(2,3)18-11(16)15-7-5-6-10(8-15)13(4,17)9-14/h10,17H,5-9,14H2,1-4H3/t10-,13-/m0/s1. The van der Waals surface area contributed by atoms with E-state index < -0.39 is 11.2 Å². The maximum absolute atomic E-state index is 12.0. The molecular weight excluding hydrogens is 232 g/mol. The van der Waals surface area contributed by atoms with Gasteiger partial charge in [0.15, 0.2) is 0 Å². The molecule has 1 aliphatic rings. The van der Waals surface area contributed by atoms with E-state index in [9.17, 15) is 9.90 Å². The molecule has 1 heterocycles. The number of nitrogens with zero attached hydrogens (tertiary/aromatic N) is 1. The van der Waals surface area contributed by atoms with Gasteiger partial charge in [0.2, 0.25) is 0 Å². The zero-order valence-corrected chi connectivity index (χ0v) is 11.9. The van der Waals surface area contributed by atoms with Crippen molar-refractivity contribution in [1.82, 2.24) is 4.90 Å². The molecule has 0 aromatic heterocycles. The van der Waals surface area contributed by atoms with E-state index >= 15 is 0 Å². The Morgan fingerprint density at radius 1 is 1.44 bits per heavy atom. The van der Waals surface area contributed by atoms with E-state index in [2.05, 4.69) is 0 Å². The number of hydrogen-bond donors (Lipinski definition) is 2. The van der Waals surface area contributed by atoms with E-state index in [1.54, 1.807) is 11.8 Å². The number of aliphatic hydroxyl groups is 1. The largest absolute Gasteiger partial charge is 0.444 e. The third kappa shape index (κ3) is 4.14. The fourth-order valence-electron chi connectivity index (χ4n) is 2.14. The summed E-state index contributed by atoms with van der Waals surface area (Å²) in [6.45, 7) is 8.69. The lowest BCUT2D eigenvalue weighted by Gasteiger charge is -2.40. The number of ether oxygens (including phenoxy) is 1. The minimum Gasteiger partial charge on any atom is -0.444 e. The van der Waals surface area contributed by atoms with Gasteiger partial charge < -0.3 is 20.5 Å². The smallest absolute Gasteiger partial charge is 0.410 e. The molecule has 1 amide bonds. The van der Waals surface area contributed by atoms with Crippen molar-refractivity contribution in [2.45, 2.75) is 51.7 Å². The quantitative estimate of drug-likeness (QED) is 0.784. The second-order valence-electron chi connectivity index (χ2n) is 6.33. The summed E-state index contributed by atoms with van der Waals surface area (Å²) < 4.78 is 5.35. The molecule has 18 heavy (non-hydrogen) atoms. The number of carbonyl (C=O) groups excluding carboxylic acids is 1. The van der Waals surface area contributed by atoms with Gasteiger partial charge in [0.05, 0.1) is 5.60 Å². The van der Waals surface area contributed by atoms with Gasteiger partial charge in [0, 0.05) is 25.6 Å². The van der Waals surface area contributed by atoms with Crippen LogP contribution in [0.15, 0.2) is 0 Å². The Balaban J connectivity index is 2.61. The Morgan fingerprint density at radius 2 is 2.06 bits per heavy atom. The van der Waals surface area contributed by atoms with Crippen molar-refractivity contribution in [3.05, 3.63) is 0 Å². The summed E-state index contributed by atoms with van der Waals surface area (Å²) in [5.41, 5.74) is 4.17. The topological polar surface area (TPSA) is 75.8 Å². The lowest BCUT2D eigenvalue weighted by atomic mass is 9.83. The van der Waals surface area contributed by atoms with Crippen LogP contribution >= 0.6 is 0 Å². The fourth-order valence-corrected chi connectivity index (χ4v) is 2.14. The molecule has 0 saturated carbocycles. The molecule has 0 bridgehead atoms. The summed E-state index contributed by atoms with van der Waals surface area (Å²) in [5, 5.41) is 10.2. The van der Waals surface area contributed by atoms with Gasteiger partial charge in [0.25, 0.3) is 0 Å². The van der Waals surface area contributed by atoms with Crippen molar-refractivity contribution in [2.24, 2.45) is 11.7 Å². The molecule has 1 saturated heterocycles. The molecule has 5 nitrogen and oxygen atoms in total. The van der Waals surface area contributed by atoms with Crippen LogP contribution in [0, 0.1) is 5.92 Å². The molecule has 0 radical (unpaired) electrons. The van der Waals surface area contributed by atoms with Gasteiger partial charge in [-0.1, -0.05) is 0 Å². The second kappa shape index (κ2) is 5.45. The molecule has 2 atom stereocenters. The van der Waals surface area contributed by atoms with Crippen molar-refractivity contribution in [2.75, 3.05) is 19.6 Å². The SMILES string of the molecule is CC(C)(C)OC(=O)N1CCC[C@H]([C@@](C)(O)CN)C1. The number of carbonyl (C=O) groups is 1. The monoisotopic (exact) mass is 258 g/mol. The van der Waals surface area contributed by atoms with Crippen LogP contribution < -0.4 is 5.73 Å². The van der Waals surface area contributed by atoms with E-state index in [4.69, 9.17) is 10.5 Å². The van der Waals surface area contributed by atoms with Crippen LogP contribution in [0.5, 0.6) is 0 Å². The number of hydrogen-bond acceptors (Lipinski definition) is 4. The number of amides is 1. The van der Waals surface area contributed by atoms with E-state index in [1.807, 2.05) is 20.8 Å². The first-order valence-corrected chi connectivity index (χ1v) is 6.56. The number of nitrogens with two attached hydrogens (primary N) is 1. The highest BCUT2D eigenvalue weighted by Crippen LogP contribution is 2.27. The lowest BCUT2D eigenvalue weighted by Crippen LogP contribution is -2.52. The zero-order chi connectivity index (χ0) is 14.0. The fraction of sp³-hybridized carbons (Fsp3) is 0.923. The van der Waals surface area contributed by atoms with Gasteiger partial charge in [-0.25, -0.2) is 4.79 Å². The molecule has 1 rings (SSSR count). The van der Waals surface area contributed by atoms with E-state index in [1.165, 1.54) is 0 Å². The first-order valence-electron chi connectivity index (χ1n) is 6.56. The highest BCUT2D eigenvalue weighted by atomic mass is 16.6. The Hall–Kier alpha value is -0.810. The molecule has 3 N–H and O–H groups in total. The highest BCUT2D eigenvalue weighted by Gasteiger charge is 2.36. The van der Waals surface area contributed by atoms with Crippen molar-refractivity contribution in [3.63, 3.8) is 0 Å². The van der Waals surface area contributed by atoms with Crippen molar-refractivity contribution in [1.29, 1.82) is 0 Å². The summed E-state index contributed by atoms with van der Waals surface area (Å²) >= 11 is 0. The first-order chi connectivity index (χ1) is 8.15. The minimum atomic E-state index is -0.916. The van der Waals surface area contributed by atoms with Gasteiger partial charge >= 0.3 is 6.09 Å². The van der Waals surface area contributed by atoms with Gasteiger partial charge in [-0.3, -0.25) is 0 Å². The molecule has 0 aliphatic carbocycles. The van der Waals surface area contributed by atoms with Crippen LogP contribution in [-0.2, 0) is 4.74 Å². The molecule has 106 valence electrons. The summed E-state index contributed by atoms with van der Waals surface area (Å²) in [4.78, 5) is 13.6. The summed E-state index contributed by atoms with van der Waals surface area (Å²) in [6, 6.07) is 0. The second-order valence-corrected chi connectivity index (χ2v) is 6.33. The molecule has 1 aliphatic heterocycles. The molecule has 0 aromatic rings. The average molecular weight is 258 g/mol. The van der Waals surface area contributed by atoms with Crippen molar-refractivity contribution < 1.29 is 14.6 Å². The van der Waals surface area contributed by atoms with Crippen LogP contribution in [0.2, 0.25) is 0 Å². The maximum Gasteiger partial charge on any atom is 0.410 e. The lowest BCUT2D eigenvalue weighted by molar-refractivity contribution is -0.0340. The van der Waals surface area contributed by atoms with Crippen LogP contribution in [0.3, 0.4) is 0 Å². The normalized spacial score (nSPS) is 24.6. The molecule has 0 aromatic carbocycles. The zero-order valence-electron chi connectivity index (χ0n) is 11.9. The predicted molar refractivity (Wildman–Crippen MR) is 70.2 cm³/mol. The molecule has 1 fully saturated rings. The molecular formula is C13H26N2O3. The van der Waals surface area contributed by atoms with E-state index in [0.29, 0.717) is 13.1 Å². The van der Waals surface area contributed by atoms with Gasteiger partial charge in [-0.05, 0) is 40.5 Å². The van der Waals surface area contributed by atoms with Crippen LogP contribution in [0.4, 0.5) is 4.79 Å². The molecule has 0 spiro atoms. The average Bonchev–Trinajstić information content (AvgIpc) is 2.27. The molecule has 5 heteroatoms. The Kier molecular flexibility index (Phi) is 4.61. The van der Waals surface area contributed by atoms with Crippen molar-refractivity contribution in [3.8, 4) is 0 Å². The molecule has 0 unspecified atom stereocenters. The Bertz CT molecular complexity index is 297. The predicted octanol–water partition coefficient (Wildman–Crippen LogP) is 1.34. The number of piperidine rings is 1. The third-order valence-electron chi connectivity index (χ3n) is 3.37. The number of likely N-dealkylation sites (tertiary alicyclic amines) is 1. The van der Waals surface area contributed by atoms with Gasteiger partial charge in [-0.2, -0.15) is 0 Å². The maximum atomic E-state index is 12.0. The van der Waals surface area contributed by atoms with Gasteiger partial charge in [0.1, 0.15) is 5.60 Å². The minimum absolute atomic E-state index is 0.0174. The van der Waals surface area contributed by atoms with E-state index in [-0.39, 0.29) is 18.6 Å². The van der Waals surface area contributed by atoms with Crippen LogP contribution in [0.25, 0.3) is 0 Å². The van der Waals surface area contributed by atoms with E-state index in [0.717, 1.165) is 12.8 Å².